The number of fused-ring (bicyclic) bond motifs is 1. The van der Waals surface area contributed by atoms with Gasteiger partial charge in [0.05, 0.1) is 19.6 Å². The summed E-state index contributed by atoms with van der Waals surface area (Å²) in [5.41, 5.74) is 7.13. The zero-order valence-corrected chi connectivity index (χ0v) is 18.8. The van der Waals surface area contributed by atoms with E-state index in [0.29, 0.717) is 6.29 Å². The summed E-state index contributed by atoms with van der Waals surface area (Å²) in [6.45, 7) is 2.16. The summed E-state index contributed by atoms with van der Waals surface area (Å²) in [4.78, 5) is 58.8. The lowest BCUT2D eigenvalue weighted by Gasteiger charge is -2.08. The molecule has 2 aromatic heterocycles. The van der Waals surface area contributed by atoms with Crippen LogP contribution in [0.15, 0.2) is 44.6 Å². The fourth-order valence-corrected chi connectivity index (χ4v) is 4.40. The van der Waals surface area contributed by atoms with Crippen LogP contribution in [-0.4, -0.2) is 50.0 Å². The molecular formula is C21H24N6O5S. The van der Waals surface area contributed by atoms with Crippen molar-refractivity contribution < 1.29 is 19.1 Å². The van der Waals surface area contributed by atoms with Gasteiger partial charge >= 0.3 is 11.7 Å². The Kier molecular flexibility index (Phi) is 8.19. The molecule has 1 unspecified atom stereocenters. The summed E-state index contributed by atoms with van der Waals surface area (Å²) < 4.78 is 10.4. The molecule has 0 aliphatic rings. The van der Waals surface area contributed by atoms with Gasteiger partial charge in [-0.25, -0.2) is 14.8 Å². The number of benzene rings is 1. The maximum Gasteiger partial charge on any atom is 0.328 e. The topological polar surface area (TPSA) is 162 Å². The Balaban J connectivity index is 1.98. The molecule has 174 valence electrons. The molecule has 1 amide bonds. The number of esters is 1. The minimum atomic E-state index is -1.19. The Bertz CT molecular complexity index is 1250. The molecular weight excluding hydrogens is 448 g/mol. The van der Waals surface area contributed by atoms with Crippen LogP contribution >= 0.6 is 0 Å². The Hall–Kier alpha value is -3.67. The molecule has 3 N–H and O–H groups in total. The van der Waals surface area contributed by atoms with Gasteiger partial charge in [-0.2, -0.15) is 4.36 Å². The third-order valence-corrected chi connectivity index (χ3v) is 6.16. The van der Waals surface area contributed by atoms with E-state index < -0.39 is 28.3 Å². The van der Waals surface area contributed by atoms with Crippen molar-refractivity contribution >= 4 is 45.8 Å². The van der Waals surface area contributed by atoms with Gasteiger partial charge < -0.3 is 20.2 Å². The smallest absolute Gasteiger partial charge is 0.328 e. The first-order chi connectivity index (χ1) is 15.9. The first-order valence-electron chi connectivity index (χ1n) is 10.3. The monoisotopic (exact) mass is 472 g/mol. The van der Waals surface area contributed by atoms with Gasteiger partial charge in [0.15, 0.2) is 11.5 Å². The molecule has 0 radical (unpaired) electrons. The first kappa shape index (κ1) is 24.0. The van der Waals surface area contributed by atoms with Crippen LogP contribution in [0, 0.1) is 0 Å². The van der Waals surface area contributed by atoms with Crippen molar-refractivity contribution in [2.24, 2.45) is 4.36 Å². The van der Waals surface area contributed by atoms with E-state index in [4.69, 9.17) is 10.5 Å². The SMILES string of the molecule is CCOC(=O)CCC(=O)N=S(CCC=O)c1nc(N)c2[nH]c(=O)n(Cc3ccccc3)c2n1. The van der Waals surface area contributed by atoms with E-state index in [1.54, 1.807) is 6.92 Å². The van der Waals surface area contributed by atoms with Crippen LogP contribution in [0.25, 0.3) is 11.2 Å². The number of aromatic nitrogens is 4. The number of H-pyrrole nitrogens is 1. The highest BCUT2D eigenvalue weighted by molar-refractivity contribution is 7.87. The lowest BCUT2D eigenvalue weighted by Crippen LogP contribution is -2.18. The summed E-state index contributed by atoms with van der Waals surface area (Å²) in [7, 11) is -1.19. The standard InChI is InChI=1S/C21H24N6O5S/c1-2-32-16(30)10-9-15(29)26-33(12-6-11-28)20-24-18(22)17-19(25-20)27(21(31)23-17)13-14-7-4-3-5-8-14/h3-5,7-8,11H,2,6,9-10,12-13H2,1H3,(H,23,31)(H2,22,24,25). The minimum Gasteiger partial charge on any atom is -0.466 e. The molecule has 33 heavy (non-hydrogen) atoms. The van der Waals surface area contributed by atoms with E-state index in [1.807, 2.05) is 30.3 Å². The number of hydrogen-bond donors (Lipinski definition) is 2. The number of ether oxygens (including phenoxy) is 1. The molecule has 11 nitrogen and oxygen atoms in total. The number of nitrogens with zero attached hydrogens (tertiary/aromatic N) is 4. The molecule has 2 heterocycles. The summed E-state index contributed by atoms with van der Waals surface area (Å²) >= 11 is 0. The second kappa shape index (κ2) is 11.3. The number of anilines is 1. The summed E-state index contributed by atoms with van der Waals surface area (Å²) in [6, 6.07) is 9.36. The van der Waals surface area contributed by atoms with Gasteiger partial charge in [-0.15, -0.1) is 0 Å². The van der Waals surface area contributed by atoms with Gasteiger partial charge in [-0.3, -0.25) is 14.2 Å². The lowest BCUT2D eigenvalue weighted by molar-refractivity contribution is -0.144. The number of imidazole rings is 1. The molecule has 1 atom stereocenters. The van der Waals surface area contributed by atoms with Gasteiger partial charge in [-0.1, -0.05) is 30.3 Å². The second-order valence-corrected chi connectivity index (χ2v) is 8.59. The molecule has 0 aliphatic carbocycles. The van der Waals surface area contributed by atoms with Crippen molar-refractivity contribution in [1.29, 1.82) is 0 Å². The van der Waals surface area contributed by atoms with Crippen LogP contribution in [0.3, 0.4) is 0 Å². The van der Waals surface area contributed by atoms with E-state index in [0.717, 1.165) is 5.56 Å². The molecule has 0 saturated heterocycles. The Morgan fingerprint density at radius 2 is 2.00 bits per heavy atom. The molecule has 0 fully saturated rings. The number of hydrogen-bond acceptors (Lipinski definition) is 8. The average Bonchev–Trinajstić information content (AvgIpc) is 3.12. The highest BCUT2D eigenvalue weighted by Crippen LogP contribution is 2.18. The second-order valence-electron chi connectivity index (χ2n) is 6.91. The Morgan fingerprint density at radius 1 is 1.24 bits per heavy atom. The van der Waals surface area contributed by atoms with Crippen LogP contribution in [-0.2, 0) is 36.4 Å². The molecule has 0 saturated carbocycles. The van der Waals surface area contributed by atoms with Gasteiger partial charge in [0.1, 0.15) is 11.8 Å². The zero-order valence-electron chi connectivity index (χ0n) is 18.0. The van der Waals surface area contributed by atoms with E-state index in [2.05, 4.69) is 19.3 Å². The average molecular weight is 473 g/mol. The number of carbonyl (C=O) groups excluding carboxylic acids is 3. The zero-order chi connectivity index (χ0) is 23.8. The molecule has 0 aliphatic heterocycles. The third kappa shape index (κ3) is 6.19. The molecule has 3 aromatic rings. The van der Waals surface area contributed by atoms with Gasteiger partial charge in [0.25, 0.3) is 5.91 Å². The van der Waals surface area contributed by atoms with Gasteiger partial charge in [0.2, 0.25) is 5.16 Å². The highest BCUT2D eigenvalue weighted by Gasteiger charge is 2.17. The van der Waals surface area contributed by atoms with Crippen molar-refractivity contribution in [1.82, 2.24) is 19.5 Å². The van der Waals surface area contributed by atoms with Crippen LogP contribution < -0.4 is 11.4 Å². The van der Waals surface area contributed by atoms with Crippen molar-refractivity contribution in [2.45, 2.75) is 37.9 Å². The number of nitrogen functional groups attached to an aromatic ring is 1. The largest absolute Gasteiger partial charge is 0.466 e. The maximum absolute atomic E-state index is 12.5. The number of aldehydes is 1. The molecule has 12 heteroatoms. The Labute approximate surface area is 191 Å². The number of aromatic amines is 1. The number of rotatable bonds is 10. The van der Waals surface area contributed by atoms with Crippen LogP contribution in [0.5, 0.6) is 0 Å². The number of amides is 1. The number of nitrogens with one attached hydrogen (secondary N) is 1. The fraction of sp³-hybridized carbons (Fsp3) is 0.333. The number of nitrogens with two attached hydrogens (primary N) is 1. The molecule has 0 spiro atoms. The predicted octanol–water partition coefficient (Wildman–Crippen LogP) is 1.37. The molecule has 3 rings (SSSR count). The van der Waals surface area contributed by atoms with E-state index >= 15 is 0 Å². The van der Waals surface area contributed by atoms with E-state index in [9.17, 15) is 19.2 Å². The fourth-order valence-electron chi connectivity index (χ4n) is 3.00. The van der Waals surface area contributed by atoms with Crippen molar-refractivity contribution in [3.63, 3.8) is 0 Å². The number of carbonyl (C=O) groups is 3. The first-order valence-corrected chi connectivity index (χ1v) is 11.6. The quantitative estimate of drug-likeness (QED) is 0.254. The summed E-state index contributed by atoms with van der Waals surface area (Å²) in [5.74, 6) is -0.785. The van der Waals surface area contributed by atoms with E-state index in [1.165, 1.54) is 4.57 Å². The predicted molar refractivity (Wildman–Crippen MR) is 123 cm³/mol. The van der Waals surface area contributed by atoms with Crippen LogP contribution in [0.4, 0.5) is 5.82 Å². The van der Waals surface area contributed by atoms with E-state index in [-0.39, 0.29) is 60.3 Å². The third-order valence-electron chi connectivity index (χ3n) is 4.51. The van der Waals surface area contributed by atoms with Crippen molar-refractivity contribution in [3.05, 3.63) is 46.4 Å². The molecule has 0 bridgehead atoms. The summed E-state index contributed by atoms with van der Waals surface area (Å²) in [6.07, 6.45) is 0.604. The van der Waals surface area contributed by atoms with Crippen molar-refractivity contribution in [3.8, 4) is 0 Å². The normalized spacial score (nSPS) is 12.0. The minimum absolute atomic E-state index is 0.0386. The van der Waals surface area contributed by atoms with Gasteiger partial charge in [-0.05, 0) is 23.2 Å². The maximum atomic E-state index is 12.5. The highest BCUT2D eigenvalue weighted by atomic mass is 32.2. The van der Waals surface area contributed by atoms with Crippen LogP contribution in [0.2, 0.25) is 0 Å². The summed E-state index contributed by atoms with van der Waals surface area (Å²) in [5, 5.41) is 0.146. The van der Waals surface area contributed by atoms with Crippen molar-refractivity contribution in [2.75, 3.05) is 18.1 Å². The van der Waals surface area contributed by atoms with Crippen LogP contribution in [0.1, 0.15) is 31.7 Å². The molecule has 1 aromatic carbocycles. The lowest BCUT2D eigenvalue weighted by atomic mass is 10.2. The Morgan fingerprint density at radius 3 is 2.70 bits per heavy atom. The van der Waals surface area contributed by atoms with Gasteiger partial charge in [0, 0.05) is 18.6 Å².